The Morgan fingerprint density at radius 1 is 1.16 bits per heavy atom. The van der Waals surface area contributed by atoms with Crippen molar-refractivity contribution in [3.8, 4) is 17.5 Å². The Morgan fingerprint density at radius 2 is 1.88 bits per heavy atom. The van der Waals surface area contributed by atoms with Gasteiger partial charge in [0.15, 0.2) is 0 Å². The summed E-state index contributed by atoms with van der Waals surface area (Å²) in [6, 6.07) is 18.3. The molecule has 0 spiro atoms. The first-order valence-electron chi connectivity index (χ1n) is 7.80. The van der Waals surface area contributed by atoms with E-state index in [1.165, 1.54) is 6.92 Å². The van der Waals surface area contributed by atoms with Gasteiger partial charge in [0.05, 0.1) is 11.6 Å². The molecule has 124 valence electrons. The first-order valence-corrected chi connectivity index (χ1v) is 7.80. The van der Waals surface area contributed by atoms with Gasteiger partial charge in [-0.25, -0.2) is 0 Å². The molecule has 1 aromatic heterocycles. The molecule has 0 saturated carbocycles. The summed E-state index contributed by atoms with van der Waals surface area (Å²) in [6.07, 6.45) is 0.488. The van der Waals surface area contributed by atoms with Crippen molar-refractivity contribution in [2.45, 2.75) is 19.4 Å². The zero-order valence-corrected chi connectivity index (χ0v) is 13.6. The van der Waals surface area contributed by atoms with E-state index in [1.54, 1.807) is 12.1 Å². The number of amides is 1. The lowest BCUT2D eigenvalue weighted by Gasteiger charge is -2.14. The fourth-order valence-corrected chi connectivity index (χ4v) is 2.47. The van der Waals surface area contributed by atoms with Crippen molar-refractivity contribution in [3.05, 3.63) is 71.6 Å². The van der Waals surface area contributed by atoms with Gasteiger partial charge in [-0.2, -0.15) is 5.26 Å². The molecule has 3 rings (SSSR count). The number of nitriles is 1. The third kappa shape index (κ3) is 4.09. The van der Waals surface area contributed by atoms with Crippen molar-refractivity contribution in [2.75, 3.05) is 0 Å². The van der Waals surface area contributed by atoms with Gasteiger partial charge < -0.3 is 9.73 Å². The summed E-state index contributed by atoms with van der Waals surface area (Å²) in [7, 11) is 0. The number of nitrogens with zero attached hydrogens (tertiary/aromatic N) is 3. The van der Waals surface area contributed by atoms with E-state index in [-0.39, 0.29) is 5.91 Å². The number of rotatable bonds is 5. The molecule has 1 amide bonds. The van der Waals surface area contributed by atoms with Crippen molar-refractivity contribution in [1.29, 1.82) is 5.26 Å². The standard InChI is InChI=1S/C19H16N4O2/c1-13(24)21-17(11-14-7-9-15(12-20)10-8-14)19-23-22-18(25-19)16-5-3-2-4-6-16/h2-10,17H,11H2,1H3,(H,21,24). The van der Waals surface area contributed by atoms with Crippen LogP contribution in [0.1, 0.15) is 30.0 Å². The molecule has 1 N–H and O–H groups in total. The third-order valence-electron chi connectivity index (χ3n) is 3.66. The summed E-state index contributed by atoms with van der Waals surface area (Å²) < 4.78 is 5.76. The van der Waals surface area contributed by atoms with Crippen LogP contribution in [0.2, 0.25) is 0 Å². The van der Waals surface area contributed by atoms with Crippen molar-refractivity contribution in [3.63, 3.8) is 0 Å². The number of aromatic nitrogens is 2. The van der Waals surface area contributed by atoms with Crippen LogP contribution in [0.25, 0.3) is 11.5 Å². The first kappa shape index (κ1) is 16.4. The quantitative estimate of drug-likeness (QED) is 0.775. The maximum atomic E-state index is 11.6. The van der Waals surface area contributed by atoms with Crippen LogP contribution in [-0.4, -0.2) is 16.1 Å². The van der Waals surface area contributed by atoms with Gasteiger partial charge in [-0.05, 0) is 29.8 Å². The average Bonchev–Trinajstić information content (AvgIpc) is 3.12. The lowest BCUT2D eigenvalue weighted by atomic mass is 10.0. The first-order chi connectivity index (χ1) is 12.2. The Hall–Kier alpha value is -3.46. The average molecular weight is 332 g/mol. The number of carbonyl (C=O) groups is 1. The molecule has 0 saturated heterocycles. The topological polar surface area (TPSA) is 91.8 Å². The Labute approximate surface area is 145 Å². The van der Waals surface area contributed by atoms with Crippen molar-refractivity contribution in [1.82, 2.24) is 15.5 Å². The van der Waals surface area contributed by atoms with E-state index in [9.17, 15) is 4.79 Å². The minimum Gasteiger partial charge on any atom is -0.418 e. The van der Waals surface area contributed by atoms with Crippen LogP contribution >= 0.6 is 0 Å². The van der Waals surface area contributed by atoms with Crippen molar-refractivity contribution >= 4 is 5.91 Å². The smallest absolute Gasteiger partial charge is 0.247 e. The number of hydrogen-bond acceptors (Lipinski definition) is 5. The second-order valence-corrected chi connectivity index (χ2v) is 5.58. The fourth-order valence-electron chi connectivity index (χ4n) is 2.47. The second-order valence-electron chi connectivity index (χ2n) is 5.58. The molecule has 0 aliphatic carbocycles. The van der Waals surface area contributed by atoms with Gasteiger partial charge in [0.25, 0.3) is 0 Å². The molecule has 1 unspecified atom stereocenters. The van der Waals surface area contributed by atoms with Crippen LogP contribution in [0.15, 0.2) is 59.0 Å². The summed E-state index contributed by atoms with van der Waals surface area (Å²) in [5.74, 6) is 0.572. The maximum Gasteiger partial charge on any atom is 0.247 e. The minimum absolute atomic E-state index is 0.182. The van der Waals surface area contributed by atoms with E-state index < -0.39 is 6.04 Å². The minimum atomic E-state index is -0.435. The predicted octanol–water partition coefficient (Wildman–Crippen LogP) is 3.03. The van der Waals surface area contributed by atoms with Gasteiger partial charge in [-0.15, -0.1) is 10.2 Å². The van der Waals surface area contributed by atoms with E-state index >= 15 is 0 Å². The van der Waals surface area contributed by atoms with E-state index in [2.05, 4.69) is 21.6 Å². The molecule has 2 aromatic carbocycles. The Morgan fingerprint density at radius 3 is 2.52 bits per heavy atom. The highest BCUT2D eigenvalue weighted by Crippen LogP contribution is 2.23. The summed E-state index contributed by atoms with van der Waals surface area (Å²) in [5.41, 5.74) is 2.36. The molecule has 1 atom stereocenters. The van der Waals surface area contributed by atoms with Gasteiger partial charge >= 0.3 is 0 Å². The van der Waals surface area contributed by atoms with Crippen LogP contribution in [0, 0.1) is 11.3 Å². The second kappa shape index (κ2) is 7.41. The number of nitrogens with one attached hydrogen (secondary N) is 1. The highest BCUT2D eigenvalue weighted by atomic mass is 16.4. The predicted molar refractivity (Wildman–Crippen MR) is 91.2 cm³/mol. The highest BCUT2D eigenvalue weighted by Gasteiger charge is 2.21. The van der Waals surface area contributed by atoms with Gasteiger partial charge in [-0.3, -0.25) is 4.79 Å². The summed E-state index contributed by atoms with van der Waals surface area (Å²) >= 11 is 0. The van der Waals surface area contributed by atoms with Crippen LogP contribution < -0.4 is 5.32 Å². The molecule has 0 aliphatic heterocycles. The number of benzene rings is 2. The summed E-state index contributed by atoms with van der Waals surface area (Å²) in [6.45, 7) is 1.44. The molecular weight excluding hydrogens is 316 g/mol. The Bertz CT molecular complexity index is 895. The Kier molecular flexibility index (Phi) is 4.86. The van der Waals surface area contributed by atoms with Gasteiger partial charge in [0.2, 0.25) is 17.7 Å². The molecular formula is C19H16N4O2. The fraction of sp³-hybridized carbons (Fsp3) is 0.158. The highest BCUT2D eigenvalue weighted by molar-refractivity contribution is 5.73. The third-order valence-corrected chi connectivity index (χ3v) is 3.66. The van der Waals surface area contributed by atoms with E-state index in [1.807, 2.05) is 42.5 Å². The van der Waals surface area contributed by atoms with Crippen molar-refractivity contribution in [2.24, 2.45) is 0 Å². The van der Waals surface area contributed by atoms with E-state index in [0.717, 1.165) is 11.1 Å². The lowest BCUT2D eigenvalue weighted by Crippen LogP contribution is -2.28. The van der Waals surface area contributed by atoms with Gasteiger partial charge in [-0.1, -0.05) is 30.3 Å². The molecule has 0 radical (unpaired) electrons. The zero-order valence-electron chi connectivity index (χ0n) is 13.6. The van der Waals surface area contributed by atoms with Gasteiger partial charge in [0, 0.05) is 18.9 Å². The monoisotopic (exact) mass is 332 g/mol. The number of hydrogen-bond donors (Lipinski definition) is 1. The van der Waals surface area contributed by atoms with Gasteiger partial charge in [0.1, 0.15) is 6.04 Å². The lowest BCUT2D eigenvalue weighted by molar-refractivity contribution is -0.119. The molecule has 25 heavy (non-hydrogen) atoms. The normalized spacial score (nSPS) is 11.5. The molecule has 6 nitrogen and oxygen atoms in total. The SMILES string of the molecule is CC(=O)NC(Cc1ccc(C#N)cc1)c1nnc(-c2ccccc2)o1. The van der Waals surface area contributed by atoms with E-state index in [0.29, 0.717) is 23.8 Å². The number of carbonyl (C=O) groups excluding carboxylic acids is 1. The molecule has 0 bridgehead atoms. The largest absolute Gasteiger partial charge is 0.418 e. The van der Waals surface area contributed by atoms with E-state index in [4.69, 9.17) is 9.68 Å². The molecule has 6 heteroatoms. The van der Waals surface area contributed by atoms with Crippen LogP contribution in [-0.2, 0) is 11.2 Å². The summed E-state index contributed by atoms with van der Waals surface area (Å²) in [4.78, 5) is 11.6. The van der Waals surface area contributed by atoms with Crippen LogP contribution in [0.4, 0.5) is 0 Å². The molecule has 0 aliphatic rings. The van der Waals surface area contributed by atoms with Crippen LogP contribution in [0.3, 0.4) is 0 Å². The molecule has 3 aromatic rings. The van der Waals surface area contributed by atoms with Crippen LogP contribution in [0.5, 0.6) is 0 Å². The zero-order chi connectivity index (χ0) is 17.6. The maximum absolute atomic E-state index is 11.6. The molecule has 0 fully saturated rings. The van der Waals surface area contributed by atoms with Crippen molar-refractivity contribution < 1.29 is 9.21 Å². The molecule has 1 heterocycles. The summed E-state index contributed by atoms with van der Waals surface area (Å²) in [5, 5.41) is 19.9. The Balaban J connectivity index is 1.84.